The van der Waals surface area contributed by atoms with Crippen LogP contribution in [0.2, 0.25) is 0 Å². The van der Waals surface area contributed by atoms with Gasteiger partial charge in [-0.2, -0.15) is 13.2 Å². The molecule has 0 aliphatic rings. The summed E-state index contributed by atoms with van der Waals surface area (Å²) in [6.07, 6.45) is -1.53. The topological polar surface area (TPSA) is 57.8 Å². The molecule has 0 aliphatic heterocycles. The third-order valence-corrected chi connectivity index (χ3v) is 4.77. The standard InChI is InChI=1S/C23H18F3N3O/c24-23(25,26)17-7-4-8-18(14-17)28-21-20-16(11-12-27-22(20)30)13-19(29-21)10-9-15-5-2-1-3-6-15/h1-8,11-14H,9-10H2,(H,27,30)(H,28,29). The molecule has 0 atom stereocenters. The van der Waals surface area contributed by atoms with E-state index in [1.54, 1.807) is 12.3 Å². The van der Waals surface area contributed by atoms with Crippen LogP contribution in [0.4, 0.5) is 24.7 Å². The van der Waals surface area contributed by atoms with Crippen LogP contribution >= 0.6 is 0 Å². The summed E-state index contributed by atoms with van der Waals surface area (Å²) in [4.78, 5) is 19.5. The highest BCUT2D eigenvalue weighted by Gasteiger charge is 2.30. The number of pyridine rings is 2. The van der Waals surface area contributed by atoms with Gasteiger partial charge in [-0.1, -0.05) is 36.4 Å². The van der Waals surface area contributed by atoms with Crippen LogP contribution in [0, 0.1) is 0 Å². The molecule has 0 amide bonds. The summed E-state index contributed by atoms with van der Waals surface area (Å²) in [5.74, 6) is 0.233. The Bertz CT molecular complexity index is 1230. The fourth-order valence-electron chi connectivity index (χ4n) is 3.32. The van der Waals surface area contributed by atoms with Crippen molar-refractivity contribution < 1.29 is 13.2 Å². The Hall–Kier alpha value is -3.61. The third-order valence-electron chi connectivity index (χ3n) is 4.77. The Morgan fingerprint density at radius 3 is 2.50 bits per heavy atom. The van der Waals surface area contributed by atoms with E-state index in [9.17, 15) is 18.0 Å². The van der Waals surface area contributed by atoms with Crippen LogP contribution < -0.4 is 10.9 Å². The van der Waals surface area contributed by atoms with Crippen molar-refractivity contribution in [2.75, 3.05) is 5.32 Å². The minimum atomic E-state index is -4.46. The van der Waals surface area contributed by atoms with Gasteiger partial charge in [-0.05, 0) is 54.1 Å². The van der Waals surface area contributed by atoms with Crippen LogP contribution in [0.25, 0.3) is 10.8 Å². The zero-order chi connectivity index (χ0) is 21.1. The molecule has 2 aromatic carbocycles. The lowest BCUT2D eigenvalue weighted by Gasteiger charge is -2.13. The summed E-state index contributed by atoms with van der Waals surface area (Å²) in [5.41, 5.74) is 0.973. The van der Waals surface area contributed by atoms with E-state index >= 15 is 0 Å². The van der Waals surface area contributed by atoms with E-state index in [0.717, 1.165) is 29.8 Å². The largest absolute Gasteiger partial charge is 0.416 e. The zero-order valence-electron chi connectivity index (χ0n) is 15.8. The highest BCUT2D eigenvalue weighted by Crippen LogP contribution is 2.32. The SMILES string of the molecule is O=c1[nH]ccc2cc(CCc3ccccc3)nc(Nc3cccc(C(F)(F)F)c3)c12. The number of aromatic amines is 1. The Morgan fingerprint density at radius 2 is 1.73 bits per heavy atom. The van der Waals surface area contributed by atoms with Crippen molar-refractivity contribution in [1.29, 1.82) is 0 Å². The minimum Gasteiger partial charge on any atom is -0.340 e. The molecule has 4 nitrogen and oxygen atoms in total. The number of hydrogen-bond donors (Lipinski definition) is 2. The van der Waals surface area contributed by atoms with Crippen LogP contribution in [-0.2, 0) is 19.0 Å². The molecule has 0 aliphatic carbocycles. The fraction of sp³-hybridized carbons (Fsp3) is 0.130. The first-order valence-electron chi connectivity index (χ1n) is 9.40. The van der Waals surface area contributed by atoms with E-state index in [2.05, 4.69) is 15.3 Å². The number of halogens is 3. The zero-order valence-corrected chi connectivity index (χ0v) is 15.8. The number of benzene rings is 2. The van der Waals surface area contributed by atoms with Crippen LogP contribution in [0.1, 0.15) is 16.8 Å². The highest BCUT2D eigenvalue weighted by atomic mass is 19.4. The number of nitrogens with zero attached hydrogens (tertiary/aromatic N) is 1. The van der Waals surface area contributed by atoms with Gasteiger partial charge in [0.05, 0.1) is 10.9 Å². The van der Waals surface area contributed by atoms with Gasteiger partial charge in [-0.3, -0.25) is 4.79 Å². The van der Waals surface area contributed by atoms with Gasteiger partial charge in [-0.25, -0.2) is 4.98 Å². The third kappa shape index (κ3) is 4.35. The molecular formula is C23H18F3N3O. The Labute approximate surface area is 170 Å². The Balaban J connectivity index is 1.71. The lowest BCUT2D eigenvalue weighted by molar-refractivity contribution is -0.137. The number of anilines is 2. The lowest BCUT2D eigenvalue weighted by atomic mass is 10.1. The summed E-state index contributed by atoms with van der Waals surface area (Å²) in [7, 11) is 0. The maximum Gasteiger partial charge on any atom is 0.416 e. The van der Waals surface area contributed by atoms with Crippen LogP contribution in [0.5, 0.6) is 0 Å². The molecule has 4 aromatic rings. The fourth-order valence-corrected chi connectivity index (χ4v) is 3.32. The molecule has 0 saturated carbocycles. The van der Waals surface area contributed by atoms with Crippen LogP contribution in [0.15, 0.2) is 77.7 Å². The molecule has 0 unspecified atom stereocenters. The second-order valence-electron chi connectivity index (χ2n) is 6.92. The van der Waals surface area contributed by atoms with E-state index in [4.69, 9.17) is 0 Å². The average Bonchev–Trinajstić information content (AvgIpc) is 2.72. The quantitative estimate of drug-likeness (QED) is 0.460. The van der Waals surface area contributed by atoms with Gasteiger partial charge in [0.1, 0.15) is 5.82 Å². The number of hydrogen-bond acceptors (Lipinski definition) is 3. The molecule has 2 heterocycles. The molecule has 0 saturated heterocycles. The Morgan fingerprint density at radius 1 is 0.933 bits per heavy atom. The molecule has 2 aromatic heterocycles. The predicted octanol–water partition coefficient (Wildman–Crippen LogP) is 5.47. The summed E-state index contributed by atoms with van der Waals surface area (Å²) < 4.78 is 39.2. The van der Waals surface area contributed by atoms with Crippen molar-refractivity contribution in [1.82, 2.24) is 9.97 Å². The molecule has 152 valence electrons. The van der Waals surface area contributed by atoms with Gasteiger partial charge in [0, 0.05) is 17.6 Å². The second kappa shape index (κ2) is 8.02. The highest BCUT2D eigenvalue weighted by molar-refractivity contribution is 5.92. The summed E-state index contributed by atoms with van der Waals surface area (Å²) >= 11 is 0. The minimum absolute atomic E-state index is 0.210. The molecule has 0 fully saturated rings. The van der Waals surface area contributed by atoms with Gasteiger partial charge in [0.25, 0.3) is 5.56 Å². The maximum absolute atomic E-state index is 13.1. The van der Waals surface area contributed by atoms with Crippen LogP contribution in [-0.4, -0.2) is 9.97 Å². The van der Waals surface area contributed by atoms with Crippen molar-refractivity contribution in [3.63, 3.8) is 0 Å². The first kappa shape index (κ1) is 19.7. The van der Waals surface area contributed by atoms with Gasteiger partial charge in [0.2, 0.25) is 0 Å². The Kier molecular flexibility index (Phi) is 5.27. The number of rotatable bonds is 5. The molecule has 0 radical (unpaired) electrons. The average molecular weight is 409 g/mol. The lowest BCUT2D eigenvalue weighted by Crippen LogP contribution is -2.11. The van der Waals surface area contributed by atoms with E-state index < -0.39 is 11.7 Å². The van der Waals surface area contributed by atoms with Crippen molar-refractivity contribution in [2.24, 2.45) is 0 Å². The molecular weight excluding hydrogens is 391 g/mol. The number of alkyl halides is 3. The monoisotopic (exact) mass is 409 g/mol. The first-order chi connectivity index (χ1) is 14.4. The van der Waals surface area contributed by atoms with Gasteiger partial charge in [0.15, 0.2) is 0 Å². The number of aryl methyl sites for hydroxylation is 2. The van der Waals surface area contributed by atoms with E-state index in [0.29, 0.717) is 17.2 Å². The van der Waals surface area contributed by atoms with Crippen molar-refractivity contribution in [2.45, 2.75) is 19.0 Å². The molecule has 2 N–H and O–H groups in total. The van der Waals surface area contributed by atoms with Gasteiger partial charge in [-0.15, -0.1) is 0 Å². The summed E-state index contributed by atoms with van der Waals surface area (Å²) in [6.45, 7) is 0. The molecule has 7 heteroatoms. The van der Waals surface area contributed by atoms with E-state index in [-0.39, 0.29) is 17.1 Å². The normalized spacial score (nSPS) is 11.6. The van der Waals surface area contributed by atoms with Gasteiger partial charge < -0.3 is 10.3 Å². The number of aromatic nitrogens is 2. The number of nitrogens with one attached hydrogen (secondary N) is 2. The maximum atomic E-state index is 13.1. The van der Waals surface area contributed by atoms with Crippen molar-refractivity contribution in [3.8, 4) is 0 Å². The predicted molar refractivity (Wildman–Crippen MR) is 111 cm³/mol. The second-order valence-corrected chi connectivity index (χ2v) is 6.92. The molecule has 0 bridgehead atoms. The van der Waals surface area contributed by atoms with E-state index in [1.165, 1.54) is 12.1 Å². The smallest absolute Gasteiger partial charge is 0.340 e. The number of fused-ring (bicyclic) bond motifs is 1. The van der Waals surface area contributed by atoms with E-state index in [1.807, 2.05) is 36.4 Å². The number of H-pyrrole nitrogens is 1. The molecule has 4 rings (SSSR count). The van der Waals surface area contributed by atoms with Gasteiger partial charge >= 0.3 is 6.18 Å². The van der Waals surface area contributed by atoms with Crippen molar-refractivity contribution in [3.05, 3.63) is 100 Å². The first-order valence-corrected chi connectivity index (χ1v) is 9.40. The molecule has 0 spiro atoms. The summed E-state index contributed by atoms with van der Waals surface area (Å²) in [5, 5.41) is 3.88. The van der Waals surface area contributed by atoms with Crippen LogP contribution in [0.3, 0.4) is 0 Å². The summed E-state index contributed by atoms with van der Waals surface area (Å²) in [6, 6.07) is 18.3. The molecule has 30 heavy (non-hydrogen) atoms. The van der Waals surface area contributed by atoms with Crippen molar-refractivity contribution >= 4 is 22.3 Å².